The molecule has 0 saturated heterocycles. The van der Waals surface area contributed by atoms with Gasteiger partial charge >= 0.3 is 0 Å². The molecule has 3 heterocycles. The Morgan fingerprint density at radius 1 is 1.50 bits per heavy atom. The highest BCUT2D eigenvalue weighted by molar-refractivity contribution is 6.15. The molecule has 0 aliphatic carbocycles. The van der Waals surface area contributed by atoms with Crippen LogP contribution in [0.25, 0.3) is 5.70 Å². The van der Waals surface area contributed by atoms with Crippen LogP contribution in [0, 0.1) is 0 Å². The van der Waals surface area contributed by atoms with Gasteiger partial charge in [0.2, 0.25) is 0 Å². The Kier molecular flexibility index (Phi) is 3.38. The molecule has 0 radical (unpaired) electrons. The lowest BCUT2D eigenvalue weighted by Crippen LogP contribution is -2.48. The van der Waals surface area contributed by atoms with Crippen LogP contribution in [-0.2, 0) is 7.05 Å². The lowest BCUT2D eigenvalue weighted by atomic mass is 10.1. The largest absolute Gasteiger partial charge is 0.389 e. The molecule has 6 N–H and O–H groups in total. The summed E-state index contributed by atoms with van der Waals surface area (Å²) in [4.78, 5) is 8.75. The first kappa shape index (κ1) is 14.5. The van der Waals surface area contributed by atoms with Crippen molar-refractivity contribution in [3.63, 3.8) is 0 Å². The van der Waals surface area contributed by atoms with Crippen molar-refractivity contribution in [2.75, 3.05) is 6.54 Å². The third kappa shape index (κ3) is 2.81. The maximum Gasteiger partial charge on any atom is 0.196 e. The van der Waals surface area contributed by atoms with E-state index in [4.69, 9.17) is 5.73 Å². The molecule has 1 atom stereocenters. The van der Waals surface area contributed by atoms with Gasteiger partial charge in [-0.25, -0.2) is 10.4 Å². The SMILES string of the molecule is Cn1ccc(C2=C3C(=NCC(C)(C)O)NC(N)=NC3NN2)n1. The second-order valence-electron chi connectivity index (χ2n) is 5.95. The fraction of sp³-hybridized carbons (Fsp3) is 0.462. The van der Waals surface area contributed by atoms with Crippen LogP contribution in [0.1, 0.15) is 19.5 Å². The fourth-order valence-corrected chi connectivity index (χ4v) is 2.27. The van der Waals surface area contributed by atoms with Crippen molar-refractivity contribution in [1.82, 2.24) is 25.9 Å². The van der Waals surface area contributed by atoms with Gasteiger partial charge in [-0.1, -0.05) is 0 Å². The van der Waals surface area contributed by atoms with Crippen LogP contribution < -0.4 is 21.9 Å². The Bertz CT molecular complexity index is 678. The normalized spacial score (nSPS) is 23.2. The summed E-state index contributed by atoms with van der Waals surface area (Å²) in [6.07, 6.45) is 1.53. The molecule has 0 aromatic carbocycles. The standard InChI is InChI=1S/C13H20N8O/c1-13(2,22)6-15-10-8-9(7-4-5-21(3)20-7)18-19-11(8)17-12(14)16-10/h4-5,11,18-19,22H,6H2,1-3H3,(H3,14,15,16,17). The summed E-state index contributed by atoms with van der Waals surface area (Å²) in [6, 6.07) is 1.90. The Hall–Kier alpha value is -2.39. The van der Waals surface area contributed by atoms with E-state index in [0.29, 0.717) is 5.84 Å². The summed E-state index contributed by atoms with van der Waals surface area (Å²) >= 11 is 0. The Morgan fingerprint density at radius 3 is 2.91 bits per heavy atom. The van der Waals surface area contributed by atoms with Gasteiger partial charge in [0.15, 0.2) is 12.1 Å². The van der Waals surface area contributed by atoms with E-state index >= 15 is 0 Å². The average molecular weight is 304 g/mol. The third-order valence-electron chi connectivity index (χ3n) is 3.24. The van der Waals surface area contributed by atoms with Gasteiger partial charge in [-0.3, -0.25) is 9.67 Å². The van der Waals surface area contributed by atoms with Gasteiger partial charge in [0, 0.05) is 13.2 Å². The van der Waals surface area contributed by atoms with Crippen LogP contribution in [-0.4, -0.2) is 45.0 Å². The second-order valence-corrected chi connectivity index (χ2v) is 5.95. The first-order valence-electron chi connectivity index (χ1n) is 6.97. The van der Waals surface area contributed by atoms with E-state index in [1.54, 1.807) is 18.5 Å². The number of hydrogen-bond donors (Lipinski definition) is 5. The van der Waals surface area contributed by atoms with Crippen molar-refractivity contribution in [3.05, 3.63) is 23.5 Å². The van der Waals surface area contributed by atoms with Crippen LogP contribution in [0.5, 0.6) is 0 Å². The maximum atomic E-state index is 9.88. The van der Waals surface area contributed by atoms with Gasteiger partial charge < -0.3 is 21.6 Å². The molecule has 0 amide bonds. The third-order valence-corrected chi connectivity index (χ3v) is 3.24. The summed E-state index contributed by atoms with van der Waals surface area (Å²) < 4.78 is 1.72. The number of hydrazine groups is 1. The van der Waals surface area contributed by atoms with E-state index in [1.807, 2.05) is 19.3 Å². The van der Waals surface area contributed by atoms with Crippen LogP contribution in [0.4, 0.5) is 0 Å². The number of aryl methyl sites for hydroxylation is 1. The minimum absolute atomic E-state index is 0.244. The number of nitrogens with one attached hydrogen (secondary N) is 3. The average Bonchev–Trinajstić information content (AvgIpc) is 3.00. The minimum atomic E-state index is -0.904. The number of fused-ring (bicyclic) bond motifs is 1. The molecule has 0 spiro atoms. The van der Waals surface area contributed by atoms with Crippen molar-refractivity contribution >= 4 is 17.5 Å². The van der Waals surface area contributed by atoms with Crippen LogP contribution in [0.3, 0.4) is 0 Å². The first-order valence-corrected chi connectivity index (χ1v) is 6.97. The van der Waals surface area contributed by atoms with Crippen LogP contribution in [0.15, 0.2) is 27.8 Å². The molecule has 2 aliphatic rings. The summed E-state index contributed by atoms with van der Waals surface area (Å²) in [6.45, 7) is 3.65. The number of hydrogen-bond acceptors (Lipinski definition) is 7. The summed E-state index contributed by atoms with van der Waals surface area (Å²) in [5, 5.41) is 17.2. The zero-order chi connectivity index (χ0) is 15.9. The smallest absolute Gasteiger partial charge is 0.196 e. The summed E-state index contributed by atoms with van der Waals surface area (Å²) in [5.41, 5.74) is 13.4. The first-order chi connectivity index (χ1) is 10.3. The van der Waals surface area contributed by atoms with Crippen LogP contribution >= 0.6 is 0 Å². The topological polar surface area (TPSA) is 125 Å². The lowest BCUT2D eigenvalue weighted by Gasteiger charge is -2.22. The Balaban J connectivity index is 2.03. The maximum absolute atomic E-state index is 9.88. The molecule has 9 nitrogen and oxygen atoms in total. The molecule has 0 saturated carbocycles. The highest BCUT2D eigenvalue weighted by atomic mass is 16.3. The van der Waals surface area contributed by atoms with Gasteiger partial charge in [-0.2, -0.15) is 5.10 Å². The van der Waals surface area contributed by atoms with Gasteiger partial charge in [0.05, 0.1) is 23.4 Å². The molecular formula is C13H20N8O. The van der Waals surface area contributed by atoms with E-state index in [0.717, 1.165) is 17.0 Å². The van der Waals surface area contributed by atoms with Gasteiger partial charge in [-0.05, 0) is 19.9 Å². The molecule has 1 aromatic rings. The number of nitrogens with two attached hydrogens (primary N) is 1. The quantitative estimate of drug-likeness (QED) is 0.470. The van der Waals surface area contributed by atoms with Crippen LogP contribution in [0.2, 0.25) is 0 Å². The predicted molar refractivity (Wildman–Crippen MR) is 83.5 cm³/mol. The highest BCUT2D eigenvalue weighted by Gasteiger charge is 2.34. The van der Waals surface area contributed by atoms with Crippen molar-refractivity contribution in [1.29, 1.82) is 0 Å². The Morgan fingerprint density at radius 2 is 2.27 bits per heavy atom. The zero-order valence-electron chi connectivity index (χ0n) is 12.8. The van der Waals surface area contributed by atoms with Gasteiger partial charge in [0.1, 0.15) is 11.5 Å². The van der Waals surface area contributed by atoms with E-state index < -0.39 is 5.60 Å². The number of aromatic nitrogens is 2. The van der Waals surface area contributed by atoms with Crippen molar-refractivity contribution in [3.8, 4) is 0 Å². The van der Waals surface area contributed by atoms with Crippen molar-refractivity contribution < 1.29 is 5.11 Å². The monoisotopic (exact) mass is 304 g/mol. The summed E-state index contributed by atoms with van der Waals surface area (Å²) in [7, 11) is 1.85. The lowest BCUT2D eigenvalue weighted by molar-refractivity contribution is 0.0904. The Labute approximate surface area is 128 Å². The molecule has 2 aliphatic heterocycles. The van der Waals surface area contributed by atoms with Crippen molar-refractivity contribution in [2.24, 2.45) is 22.8 Å². The van der Waals surface area contributed by atoms with Gasteiger partial charge in [0.25, 0.3) is 0 Å². The van der Waals surface area contributed by atoms with Crippen molar-refractivity contribution in [2.45, 2.75) is 25.6 Å². The van der Waals surface area contributed by atoms with Gasteiger partial charge in [-0.15, -0.1) is 0 Å². The number of guanidine groups is 1. The molecule has 3 rings (SSSR count). The fourth-order valence-electron chi connectivity index (χ4n) is 2.27. The minimum Gasteiger partial charge on any atom is -0.389 e. The molecule has 22 heavy (non-hydrogen) atoms. The molecule has 0 fully saturated rings. The molecule has 118 valence electrons. The second kappa shape index (κ2) is 5.11. The molecular weight excluding hydrogens is 284 g/mol. The molecule has 1 aromatic heterocycles. The summed E-state index contributed by atoms with van der Waals surface area (Å²) in [5.74, 6) is 0.859. The van der Waals surface area contributed by atoms with E-state index in [1.165, 1.54) is 0 Å². The number of aliphatic imine (C=N–C) groups is 2. The molecule has 9 heteroatoms. The molecule has 0 bridgehead atoms. The number of nitrogens with zero attached hydrogens (tertiary/aromatic N) is 4. The van der Waals surface area contributed by atoms with E-state index in [2.05, 4.69) is 31.3 Å². The zero-order valence-corrected chi connectivity index (χ0v) is 12.8. The number of amidine groups is 1. The number of rotatable bonds is 3. The predicted octanol–water partition coefficient (Wildman–Crippen LogP) is -1.35. The number of aliphatic hydroxyl groups is 1. The van der Waals surface area contributed by atoms with E-state index in [9.17, 15) is 5.11 Å². The molecule has 1 unspecified atom stereocenters. The van der Waals surface area contributed by atoms with E-state index in [-0.39, 0.29) is 18.7 Å². The highest BCUT2D eigenvalue weighted by Crippen LogP contribution is 2.24.